The van der Waals surface area contributed by atoms with Crippen molar-refractivity contribution in [2.45, 2.75) is 12.8 Å². The molecule has 0 atom stereocenters. The van der Waals surface area contributed by atoms with Gasteiger partial charge in [-0.1, -0.05) is 41.9 Å². The Morgan fingerprint density at radius 1 is 0.970 bits per heavy atom. The second kappa shape index (κ2) is 10.6. The zero-order valence-corrected chi connectivity index (χ0v) is 17.7. The topological polar surface area (TPSA) is 79.8 Å². The van der Waals surface area contributed by atoms with Gasteiger partial charge in [0.15, 0.2) is 0 Å². The number of halogens is 4. The van der Waals surface area contributed by atoms with Crippen molar-refractivity contribution in [3.63, 3.8) is 0 Å². The van der Waals surface area contributed by atoms with E-state index in [9.17, 15) is 22.8 Å². The monoisotopic (exact) mass is 475 g/mol. The summed E-state index contributed by atoms with van der Waals surface area (Å²) in [7, 11) is 0. The Labute approximate surface area is 192 Å². The Morgan fingerprint density at radius 2 is 1.70 bits per heavy atom. The standard InChI is InChI=1S/C23H17ClF3N3O3/c24-18-9-7-15(8-10-18)14-33-20-6-1-3-16(11-20)13-28-30-22(32)21(31)29-19-5-2-4-17(12-19)23(25,26)27/h1-13H,14H2,(H,29,31)(H,30,32)/b28-13-. The number of benzene rings is 3. The highest BCUT2D eigenvalue weighted by atomic mass is 35.5. The molecule has 3 rings (SSSR count). The molecule has 0 heterocycles. The summed E-state index contributed by atoms with van der Waals surface area (Å²) in [5, 5.41) is 6.42. The van der Waals surface area contributed by atoms with Crippen molar-refractivity contribution in [3.05, 3.63) is 94.5 Å². The number of nitrogens with one attached hydrogen (secondary N) is 2. The minimum atomic E-state index is -4.57. The molecule has 10 heteroatoms. The van der Waals surface area contributed by atoms with Crippen LogP contribution in [0, 0.1) is 0 Å². The summed E-state index contributed by atoms with van der Waals surface area (Å²) < 4.78 is 43.9. The molecule has 0 aromatic heterocycles. The number of nitrogens with zero attached hydrogens (tertiary/aromatic N) is 1. The van der Waals surface area contributed by atoms with Gasteiger partial charge in [-0.05, 0) is 53.6 Å². The molecule has 0 aliphatic rings. The van der Waals surface area contributed by atoms with Crippen LogP contribution in [0.3, 0.4) is 0 Å². The van der Waals surface area contributed by atoms with E-state index in [1.165, 1.54) is 12.3 Å². The van der Waals surface area contributed by atoms with E-state index in [2.05, 4.69) is 10.4 Å². The average molecular weight is 476 g/mol. The first-order valence-corrected chi connectivity index (χ1v) is 9.87. The molecular formula is C23H17ClF3N3O3. The number of anilines is 1. The van der Waals surface area contributed by atoms with Gasteiger partial charge in [0.1, 0.15) is 12.4 Å². The molecule has 170 valence electrons. The van der Waals surface area contributed by atoms with Gasteiger partial charge in [0.2, 0.25) is 0 Å². The fraction of sp³-hybridized carbons (Fsp3) is 0.0870. The number of rotatable bonds is 6. The van der Waals surface area contributed by atoms with E-state index in [1.54, 1.807) is 36.4 Å². The Bertz CT molecular complexity index is 1170. The maximum Gasteiger partial charge on any atom is 0.416 e. The summed E-state index contributed by atoms with van der Waals surface area (Å²) in [5.41, 5.74) is 2.42. The fourth-order valence-corrected chi connectivity index (χ4v) is 2.74. The number of hydrogen-bond donors (Lipinski definition) is 2. The molecule has 0 radical (unpaired) electrons. The van der Waals surface area contributed by atoms with Crippen LogP contribution in [0.15, 0.2) is 77.9 Å². The van der Waals surface area contributed by atoms with Crippen LogP contribution >= 0.6 is 11.6 Å². The lowest BCUT2D eigenvalue weighted by Gasteiger charge is -2.09. The van der Waals surface area contributed by atoms with Crippen LogP contribution in [-0.2, 0) is 22.4 Å². The zero-order chi connectivity index (χ0) is 23.8. The first-order valence-electron chi connectivity index (χ1n) is 9.50. The van der Waals surface area contributed by atoms with Crippen molar-refractivity contribution in [2.75, 3.05) is 5.32 Å². The minimum Gasteiger partial charge on any atom is -0.489 e. The van der Waals surface area contributed by atoms with E-state index in [-0.39, 0.29) is 5.69 Å². The number of carbonyl (C=O) groups excluding carboxylic acids is 2. The third-order valence-electron chi connectivity index (χ3n) is 4.21. The molecular weight excluding hydrogens is 459 g/mol. The number of hydrazone groups is 1. The molecule has 33 heavy (non-hydrogen) atoms. The van der Waals surface area contributed by atoms with E-state index in [1.807, 2.05) is 17.6 Å². The van der Waals surface area contributed by atoms with Gasteiger partial charge in [-0.15, -0.1) is 0 Å². The smallest absolute Gasteiger partial charge is 0.416 e. The number of carbonyl (C=O) groups is 2. The number of hydrogen-bond acceptors (Lipinski definition) is 4. The lowest BCUT2D eigenvalue weighted by molar-refractivity contribution is -0.137. The van der Waals surface area contributed by atoms with E-state index >= 15 is 0 Å². The van der Waals surface area contributed by atoms with Crippen LogP contribution in [0.4, 0.5) is 18.9 Å². The van der Waals surface area contributed by atoms with Crippen molar-refractivity contribution in [2.24, 2.45) is 5.10 Å². The maximum absolute atomic E-state index is 12.7. The van der Waals surface area contributed by atoms with Crippen LogP contribution in [-0.4, -0.2) is 18.0 Å². The Morgan fingerprint density at radius 3 is 2.42 bits per heavy atom. The average Bonchev–Trinajstić information content (AvgIpc) is 2.78. The Balaban J connectivity index is 1.53. The van der Waals surface area contributed by atoms with E-state index in [0.717, 1.165) is 23.8 Å². The van der Waals surface area contributed by atoms with Gasteiger partial charge in [-0.2, -0.15) is 18.3 Å². The molecule has 0 spiro atoms. The van der Waals surface area contributed by atoms with Gasteiger partial charge < -0.3 is 10.1 Å². The molecule has 2 N–H and O–H groups in total. The number of amides is 2. The highest BCUT2D eigenvalue weighted by Crippen LogP contribution is 2.30. The summed E-state index contributed by atoms with van der Waals surface area (Å²) in [4.78, 5) is 23.8. The first-order chi connectivity index (χ1) is 15.7. The minimum absolute atomic E-state index is 0.167. The number of alkyl halides is 3. The second-order valence-electron chi connectivity index (χ2n) is 6.72. The molecule has 2 amide bonds. The molecule has 0 aliphatic heterocycles. The second-order valence-corrected chi connectivity index (χ2v) is 7.16. The highest BCUT2D eigenvalue weighted by molar-refractivity contribution is 6.39. The molecule has 0 aliphatic carbocycles. The van der Waals surface area contributed by atoms with Crippen molar-refractivity contribution in [3.8, 4) is 5.75 Å². The van der Waals surface area contributed by atoms with Crippen molar-refractivity contribution in [1.29, 1.82) is 0 Å². The summed E-state index contributed by atoms with van der Waals surface area (Å²) in [6, 6.07) is 18.0. The van der Waals surface area contributed by atoms with Crippen LogP contribution in [0.25, 0.3) is 0 Å². The number of ether oxygens (including phenoxy) is 1. The summed E-state index contributed by atoms with van der Waals surface area (Å²) in [5.74, 6) is -1.74. The maximum atomic E-state index is 12.7. The third-order valence-corrected chi connectivity index (χ3v) is 4.46. The van der Waals surface area contributed by atoms with Crippen LogP contribution in [0.5, 0.6) is 5.75 Å². The molecule has 0 bridgehead atoms. The molecule has 0 unspecified atom stereocenters. The summed E-state index contributed by atoms with van der Waals surface area (Å²) >= 11 is 5.85. The quantitative estimate of drug-likeness (QED) is 0.298. The predicted molar refractivity (Wildman–Crippen MR) is 118 cm³/mol. The van der Waals surface area contributed by atoms with Crippen molar-refractivity contribution < 1.29 is 27.5 Å². The SMILES string of the molecule is O=C(N/N=C\c1cccc(OCc2ccc(Cl)cc2)c1)C(=O)Nc1cccc(C(F)(F)F)c1. The van der Waals surface area contributed by atoms with Gasteiger partial charge in [-0.25, -0.2) is 5.43 Å². The van der Waals surface area contributed by atoms with Crippen LogP contribution < -0.4 is 15.5 Å². The molecule has 0 fully saturated rings. The Hall–Kier alpha value is -3.85. The van der Waals surface area contributed by atoms with Gasteiger partial charge in [-0.3, -0.25) is 9.59 Å². The van der Waals surface area contributed by atoms with E-state index in [4.69, 9.17) is 16.3 Å². The van der Waals surface area contributed by atoms with Crippen LogP contribution in [0.2, 0.25) is 5.02 Å². The molecule has 3 aromatic rings. The van der Waals surface area contributed by atoms with Gasteiger partial charge >= 0.3 is 18.0 Å². The molecule has 3 aromatic carbocycles. The largest absolute Gasteiger partial charge is 0.489 e. The van der Waals surface area contributed by atoms with Crippen LogP contribution in [0.1, 0.15) is 16.7 Å². The third kappa shape index (κ3) is 7.36. The van der Waals surface area contributed by atoms with Crippen molar-refractivity contribution >= 4 is 35.3 Å². The van der Waals surface area contributed by atoms with Gasteiger partial charge in [0, 0.05) is 10.7 Å². The summed E-state index contributed by atoms with van der Waals surface area (Å²) in [6.07, 6.45) is -3.27. The molecule has 0 saturated carbocycles. The van der Waals surface area contributed by atoms with Gasteiger partial charge in [0.05, 0.1) is 11.8 Å². The van der Waals surface area contributed by atoms with E-state index < -0.39 is 23.6 Å². The first kappa shape index (κ1) is 23.8. The molecule has 6 nitrogen and oxygen atoms in total. The van der Waals surface area contributed by atoms with Gasteiger partial charge in [0.25, 0.3) is 0 Å². The zero-order valence-electron chi connectivity index (χ0n) is 16.9. The molecule has 0 saturated heterocycles. The normalized spacial score (nSPS) is 11.3. The lowest BCUT2D eigenvalue weighted by Crippen LogP contribution is -2.32. The lowest BCUT2D eigenvalue weighted by atomic mass is 10.2. The van der Waals surface area contributed by atoms with Crippen molar-refractivity contribution in [1.82, 2.24) is 5.43 Å². The highest BCUT2D eigenvalue weighted by Gasteiger charge is 2.30. The summed E-state index contributed by atoms with van der Waals surface area (Å²) in [6.45, 7) is 0.324. The predicted octanol–water partition coefficient (Wildman–Crippen LogP) is 5.03. The Kier molecular flexibility index (Phi) is 7.68. The fourth-order valence-electron chi connectivity index (χ4n) is 2.61. The van der Waals surface area contributed by atoms with E-state index in [0.29, 0.717) is 22.9 Å².